The van der Waals surface area contributed by atoms with Gasteiger partial charge in [0.25, 0.3) is 0 Å². The number of ether oxygens (including phenoxy) is 1. The number of benzene rings is 1. The molecule has 4 heteroatoms. The Labute approximate surface area is 101 Å². The Hall–Kier alpha value is -2.02. The first-order valence-electron chi connectivity index (χ1n) is 5.72. The van der Waals surface area contributed by atoms with Gasteiger partial charge in [-0.05, 0) is 25.0 Å². The van der Waals surface area contributed by atoms with Gasteiger partial charge in [-0.25, -0.2) is 0 Å². The van der Waals surface area contributed by atoms with Gasteiger partial charge in [0.1, 0.15) is 11.6 Å². The molecule has 2 rings (SSSR count). The van der Waals surface area contributed by atoms with Crippen LogP contribution < -0.4 is 10.1 Å². The summed E-state index contributed by atoms with van der Waals surface area (Å²) in [6, 6.07) is 7.45. The zero-order chi connectivity index (χ0) is 12.1. The van der Waals surface area contributed by atoms with Crippen molar-refractivity contribution in [2.75, 3.05) is 19.0 Å². The lowest BCUT2D eigenvalue weighted by molar-refractivity contribution is 0.416. The Kier molecular flexibility index (Phi) is 3.61. The third kappa shape index (κ3) is 2.76. The average Bonchev–Trinajstić information content (AvgIpc) is 2.40. The molecule has 0 unspecified atom stereocenters. The fourth-order valence-corrected chi connectivity index (χ4v) is 1.82. The van der Waals surface area contributed by atoms with Crippen molar-refractivity contribution in [3.8, 4) is 11.8 Å². The lowest BCUT2D eigenvalue weighted by atomic mass is 10.1. The highest BCUT2D eigenvalue weighted by atomic mass is 16.5. The third-order valence-electron chi connectivity index (χ3n) is 2.73. The average molecular weight is 229 g/mol. The van der Waals surface area contributed by atoms with E-state index < -0.39 is 0 Å². The molecule has 1 aromatic rings. The summed E-state index contributed by atoms with van der Waals surface area (Å²) in [6.45, 7) is 0.890. The van der Waals surface area contributed by atoms with Gasteiger partial charge < -0.3 is 10.1 Å². The van der Waals surface area contributed by atoms with E-state index in [9.17, 15) is 0 Å². The molecular formula is C13H15N3O. The van der Waals surface area contributed by atoms with E-state index in [1.165, 1.54) is 6.42 Å². The molecule has 0 aliphatic carbocycles. The summed E-state index contributed by atoms with van der Waals surface area (Å²) in [5, 5.41) is 12.1. The van der Waals surface area contributed by atoms with E-state index in [0.717, 1.165) is 30.9 Å². The zero-order valence-electron chi connectivity index (χ0n) is 9.86. The summed E-state index contributed by atoms with van der Waals surface area (Å²) < 4.78 is 5.26. The molecule has 0 spiro atoms. The largest absolute Gasteiger partial charge is 0.495 e. The number of anilines is 1. The van der Waals surface area contributed by atoms with Crippen molar-refractivity contribution in [1.29, 1.82) is 5.26 Å². The summed E-state index contributed by atoms with van der Waals surface area (Å²) in [5.41, 5.74) is 1.46. The quantitative estimate of drug-likeness (QED) is 0.847. The van der Waals surface area contributed by atoms with E-state index in [-0.39, 0.29) is 0 Å². The fraction of sp³-hybridized carbons (Fsp3) is 0.385. The molecule has 0 saturated carbocycles. The number of rotatable bonds is 2. The van der Waals surface area contributed by atoms with Crippen LogP contribution in [0, 0.1) is 11.3 Å². The van der Waals surface area contributed by atoms with Crippen molar-refractivity contribution in [2.45, 2.75) is 19.3 Å². The van der Waals surface area contributed by atoms with Crippen LogP contribution in [-0.4, -0.2) is 19.5 Å². The fourth-order valence-electron chi connectivity index (χ4n) is 1.82. The highest BCUT2D eigenvalue weighted by molar-refractivity contribution is 5.97. The Morgan fingerprint density at radius 2 is 2.29 bits per heavy atom. The van der Waals surface area contributed by atoms with Gasteiger partial charge in [0.05, 0.1) is 24.4 Å². The molecule has 17 heavy (non-hydrogen) atoms. The minimum absolute atomic E-state index is 0.595. The van der Waals surface area contributed by atoms with Crippen molar-refractivity contribution in [2.24, 2.45) is 4.99 Å². The minimum Gasteiger partial charge on any atom is -0.495 e. The smallest absolute Gasteiger partial charge is 0.143 e. The number of nitriles is 1. The van der Waals surface area contributed by atoms with Crippen LogP contribution in [0.2, 0.25) is 0 Å². The second kappa shape index (κ2) is 5.35. The number of amidine groups is 1. The maximum Gasteiger partial charge on any atom is 0.143 e. The normalized spacial score (nSPS) is 14.7. The van der Waals surface area contributed by atoms with Crippen LogP contribution in [-0.2, 0) is 0 Å². The maximum atomic E-state index is 8.82. The van der Waals surface area contributed by atoms with Crippen LogP contribution >= 0.6 is 0 Å². The molecule has 0 aromatic heterocycles. The van der Waals surface area contributed by atoms with E-state index in [0.29, 0.717) is 11.3 Å². The second-order valence-corrected chi connectivity index (χ2v) is 3.94. The van der Waals surface area contributed by atoms with E-state index in [4.69, 9.17) is 10.00 Å². The Bertz CT molecular complexity index is 474. The molecule has 4 nitrogen and oxygen atoms in total. The van der Waals surface area contributed by atoms with Gasteiger partial charge in [0.2, 0.25) is 0 Å². The molecule has 1 aromatic carbocycles. The number of aliphatic imine (C=N–C) groups is 1. The predicted octanol–water partition coefficient (Wildman–Crippen LogP) is 2.56. The van der Waals surface area contributed by atoms with Crippen molar-refractivity contribution in [1.82, 2.24) is 0 Å². The molecule has 0 bridgehead atoms. The summed E-state index contributed by atoms with van der Waals surface area (Å²) in [4.78, 5) is 4.43. The first kappa shape index (κ1) is 11.5. The molecule has 1 heterocycles. The van der Waals surface area contributed by atoms with Crippen molar-refractivity contribution < 1.29 is 4.74 Å². The summed E-state index contributed by atoms with van der Waals surface area (Å²) in [6.07, 6.45) is 3.31. The van der Waals surface area contributed by atoms with Gasteiger partial charge in [-0.1, -0.05) is 0 Å². The summed E-state index contributed by atoms with van der Waals surface area (Å²) in [5.74, 6) is 1.68. The van der Waals surface area contributed by atoms with Gasteiger partial charge >= 0.3 is 0 Å². The molecule has 1 aliphatic heterocycles. The maximum absolute atomic E-state index is 8.82. The lowest BCUT2D eigenvalue weighted by Gasteiger charge is -2.16. The Morgan fingerprint density at radius 3 is 2.94 bits per heavy atom. The summed E-state index contributed by atoms with van der Waals surface area (Å²) in [7, 11) is 1.60. The molecular weight excluding hydrogens is 214 g/mol. The zero-order valence-corrected chi connectivity index (χ0v) is 9.86. The van der Waals surface area contributed by atoms with Crippen LogP contribution in [0.4, 0.5) is 5.69 Å². The standard InChI is InChI=1S/C13H15N3O/c1-17-12-8-10(9-14)5-6-11(12)16-13-4-2-3-7-15-13/h5-6,8H,2-4,7H2,1H3,(H,15,16). The van der Waals surface area contributed by atoms with Crippen LogP contribution in [0.15, 0.2) is 23.2 Å². The Balaban J connectivity index is 2.20. The van der Waals surface area contributed by atoms with Crippen molar-refractivity contribution in [3.05, 3.63) is 23.8 Å². The SMILES string of the molecule is COc1cc(C#N)ccc1NC1=NCCCC1. The molecule has 88 valence electrons. The van der Waals surface area contributed by atoms with Crippen LogP contribution in [0.3, 0.4) is 0 Å². The van der Waals surface area contributed by atoms with Crippen molar-refractivity contribution >= 4 is 11.5 Å². The molecule has 1 N–H and O–H groups in total. The molecule has 0 radical (unpaired) electrons. The number of nitrogens with zero attached hydrogens (tertiary/aromatic N) is 2. The summed E-state index contributed by atoms with van der Waals surface area (Å²) >= 11 is 0. The van der Waals surface area contributed by atoms with Crippen LogP contribution in [0.5, 0.6) is 5.75 Å². The number of hydrogen-bond acceptors (Lipinski definition) is 4. The Morgan fingerprint density at radius 1 is 1.41 bits per heavy atom. The van der Waals surface area contributed by atoms with Gasteiger partial charge in [-0.15, -0.1) is 0 Å². The molecule has 1 aliphatic rings. The number of hydrogen-bond donors (Lipinski definition) is 1. The first-order chi connectivity index (χ1) is 8.33. The topological polar surface area (TPSA) is 57.4 Å². The number of methoxy groups -OCH3 is 1. The van der Waals surface area contributed by atoms with Gasteiger partial charge in [0, 0.05) is 19.0 Å². The minimum atomic E-state index is 0.595. The monoisotopic (exact) mass is 229 g/mol. The van der Waals surface area contributed by atoms with Crippen molar-refractivity contribution in [3.63, 3.8) is 0 Å². The first-order valence-corrected chi connectivity index (χ1v) is 5.72. The van der Waals surface area contributed by atoms with Gasteiger partial charge in [0.15, 0.2) is 0 Å². The van der Waals surface area contributed by atoms with Gasteiger partial charge in [-0.2, -0.15) is 5.26 Å². The van der Waals surface area contributed by atoms with Gasteiger partial charge in [-0.3, -0.25) is 4.99 Å². The molecule has 0 saturated heterocycles. The third-order valence-corrected chi connectivity index (χ3v) is 2.73. The molecule has 0 amide bonds. The van der Waals surface area contributed by atoms with E-state index in [1.807, 2.05) is 6.07 Å². The molecule has 0 atom stereocenters. The molecule has 0 fully saturated rings. The second-order valence-electron chi connectivity index (χ2n) is 3.94. The highest BCUT2D eigenvalue weighted by Crippen LogP contribution is 2.26. The predicted molar refractivity (Wildman–Crippen MR) is 67.5 cm³/mol. The van der Waals surface area contributed by atoms with Crippen LogP contribution in [0.1, 0.15) is 24.8 Å². The number of nitrogens with one attached hydrogen (secondary N) is 1. The van der Waals surface area contributed by atoms with Crippen LogP contribution in [0.25, 0.3) is 0 Å². The van der Waals surface area contributed by atoms with E-state index in [1.54, 1.807) is 19.2 Å². The van der Waals surface area contributed by atoms with E-state index in [2.05, 4.69) is 16.4 Å². The lowest BCUT2D eigenvalue weighted by Crippen LogP contribution is -2.16. The van der Waals surface area contributed by atoms with E-state index >= 15 is 0 Å². The highest BCUT2D eigenvalue weighted by Gasteiger charge is 2.09.